The quantitative estimate of drug-likeness (QED) is 0.108. The van der Waals surface area contributed by atoms with Crippen molar-refractivity contribution in [2.24, 2.45) is 11.8 Å². The number of nitrogens with zero attached hydrogens (tertiary/aromatic N) is 1. The number of ether oxygens (including phenoxy) is 1. The lowest BCUT2D eigenvalue weighted by Crippen LogP contribution is -2.29. The first-order chi connectivity index (χ1) is 39.1. The summed E-state index contributed by atoms with van der Waals surface area (Å²) in [6.07, 6.45) is 1.17. The summed E-state index contributed by atoms with van der Waals surface area (Å²) in [4.78, 5) is 2.49. The van der Waals surface area contributed by atoms with Gasteiger partial charge in [-0.25, -0.2) is 0 Å². The van der Waals surface area contributed by atoms with Crippen LogP contribution < -0.4 is 9.64 Å². The summed E-state index contributed by atoms with van der Waals surface area (Å²) in [5, 5.41) is 0. The van der Waals surface area contributed by atoms with Crippen molar-refractivity contribution in [3.05, 3.63) is 328 Å². The lowest BCUT2D eigenvalue weighted by atomic mass is 9.67. The Balaban J connectivity index is 0.999. The van der Waals surface area contributed by atoms with E-state index in [4.69, 9.17) is 4.74 Å². The highest BCUT2D eigenvalue weighted by Gasteiger charge is 2.48. The summed E-state index contributed by atoms with van der Waals surface area (Å²) < 4.78 is 6.69. The number of hydrogen-bond donors (Lipinski definition) is 0. The van der Waals surface area contributed by atoms with Crippen molar-refractivity contribution in [2.75, 3.05) is 4.90 Å². The number of benzene rings is 11. The molecule has 80 heavy (non-hydrogen) atoms. The molecule has 11 aromatic carbocycles. The Labute approximate surface area is 473 Å². The summed E-state index contributed by atoms with van der Waals surface area (Å²) in [5.74, 6) is 3.37. The number of aryl methyl sites for hydroxylation is 2. The zero-order chi connectivity index (χ0) is 54.5. The normalized spacial score (nSPS) is 15.0. The first-order valence-electron chi connectivity index (χ1n) is 28.6. The Bertz CT molecular complexity index is 3950. The summed E-state index contributed by atoms with van der Waals surface area (Å²) in [7, 11) is 0. The van der Waals surface area contributed by atoms with E-state index in [1.54, 1.807) is 0 Å². The van der Waals surface area contributed by atoms with Crippen LogP contribution in [-0.4, -0.2) is 0 Å². The lowest BCUT2D eigenvalue weighted by molar-refractivity contribution is 0.407. The maximum atomic E-state index is 6.69. The van der Waals surface area contributed by atoms with Crippen LogP contribution in [0.2, 0.25) is 0 Å². The molecular weight excluding hydrogens is 967 g/mol. The molecule has 2 atom stereocenters. The second-order valence-corrected chi connectivity index (χ2v) is 23.1. The van der Waals surface area contributed by atoms with E-state index in [2.05, 4.69) is 313 Å². The van der Waals surface area contributed by atoms with Gasteiger partial charge in [-0.15, -0.1) is 0 Å². The maximum Gasteiger partial charge on any atom is 0.127 e. The lowest BCUT2D eigenvalue weighted by Gasteiger charge is -2.36. The van der Waals surface area contributed by atoms with Gasteiger partial charge < -0.3 is 9.64 Å². The topological polar surface area (TPSA) is 12.5 Å². The smallest absolute Gasteiger partial charge is 0.127 e. The first-order valence-corrected chi connectivity index (χ1v) is 28.6. The van der Waals surface area contributed by atoms with Crippen LogP contribution in [0.1, 0.15) is 101 Å². The predicted octanol–water partition coefficient (Wildman–Crippen LogP) is 20.7. The molecule has 11 aromatic rings. The van der Waals surface area contributed by atoms with Crippen LogP contribution >= 0.6 is 0 Å². The van der Waals surface area contributed by atoms with Crippen molar-refractivity contribution in [1.29, 1.82) is 0 Å². The molecule has 2 heteroatoms. The highest BCUT2D eigenvalue weighted by molar-refractivity contribution is 5.92. The van der Waals surface area contributed by atoms with Crippen molar-refractivity contribution in [1.82, 2.24) is 0 Å². The fourth-order valence-corrected chi connectivity index (χ4v) is 13.8. The number of rotatable bonds is 14. The molecule has 0 amide bonds. The van der Waals surface area contributed by atoms with Gasteiger partial charge in [0.2, 0.25) is 0 Å². The number of hydrogen-bond acceptors (Lipinski definition) is 2. The maximum absolute atomic E-state index is 6.69. The van der Waals surface area contributed by atoms with Gasteiger partial charge in [-0.05, 0) is 182 Å². The minimum absolute atomic E-state index is 0.514. The molecule has 13 rings (SSSR count). The summed E-state index contributed by atoms with van der Waals surface area (Å²) >= 11 is 0. The Morgan fingerprint density at radius 2 is 0.762 bits per heavy atom. The molecule has 2 aliphatic rings. The van der Waals surface area contributed by atoms with Gasteiger partial charge in [-0.2, -0.15) is 0 Å². The molecule has 0 radical (unpaired) electrons. The Hall–Kier alpha value is -8.98. The SMILES string of the molecule is Cc1cc(C)cc(C2(c3ccc(Oc4ccc(C(CC(C)C)C(C)C)cc4)cc3)c3ccccc3-c3ccc(N(c4ccc(-c5ccccc5)cc4)c4ccc5c(c4)C(c4ccccc4)(c4ccccc4)c4ccccc4-5)cc32)c1. The van der Waals surface area contributed by atoms with Crippen molar-refractivity contribution >= 4 is 17.1 Å². The van der Waals surface area contributed by atoms with Gasteiger partial charge in [0.05, 0.1) is 10.8 Å². The van der Waals surface area contributed by atoms with Crippen LogP contribution in [0, 0.1) is 25.7 Å². The second-order valence-electron chi connectivity index (χ2n) is 23.1. The molecule has 2 unspecified atom stereocenters. The third-order valence-electron chi connectivity index (χ3n) is 17.2. The van der Waals surface area contributed by atoms with E-state index in [0.29, 0.717) is 17.8 Å². The van der Waals surface area contributed by atoms with Crippen LogP contribution in [0.25, 0.3) is 33.4 Å². The van der Waals surface area contributed by atoms with Gasteiger partial charge in [-0.1, -0.05) is 245 Å². The number of fused-ring (bicyclic) bond motifs is 6. The van der Waals surface area contributed by atoms with E-state index < -0.39 is 10.8 Å². The highest BCUT2D eigenvalue weighted by Crippen LogP contribution is 2.60. The molecule has 0 N–H and O–H groups in total. The molecular formula is C78H67NO. The van der Waals surface area contributed by atoms with E-state index in [1.807, 2.05) is 0 Å². The second kappa shape index (κ2) is 20.7. The summed E-state index contributed by atoms with van der Waals surface area (Å²) in [6, 6.07) is 99.5. The molecule has 390 valence electrons. The zero-order valence-corrected chi connectivity index (χ0v) is 46.7. The van der Waals surface area contributed by atoms with E-state index in [1.165, 1.54) is 101 Å². The predicted molar refractivity (Wildman–Crippen MR) is 334 cm³/mol. The highest BCUT2D eigenvalue weighted by atomic mass is 16.5. The standard InChI is InChI=1S/C78H67NO/c1-52(2)46-72(53(3)4)58-32-40-66(41-33-58)80-67-42-34-61(35-43-67)78(62-48-54(5)47-55(6)49-62)74-29-19-17-27-69(74)71-45-39-65(51-76(71)78)79(63-36-30-57(31-37-63)56-20-10-7-11-21-56)64-38-44-70-68-26-16-18-28-73(68)77(75(70)50-64,59-22-12-8-13-23-59)60-24-14-9-15-25-60/h7-45,47-53,72H,46H2,1-6H3. The monoisotopic (exact) mass is 1030 g/mol. The summed E-state index contributed by atoms with van der Waals surface area (Å²) in [6.45, 7) is 13.8. The van der Waals surface area contributed by atoms with E-state index >= 15 is 0 Å². The molecule has 0 aromatic heterocycles. The average molecular weight is 1030 g/mol. The summed E-state index contributed by atoms with van der Waals surface area (Å²) in [5.41, 5.74) is 23.2. The van der Waals surface area contributed by atoms with Crippen LogP contribution in [0.3, 0.4) is 0 Å². The Kier molecular flexibility index (Phi) is 13.1. The van der Waals surface area contributed by atoms with E-state index in [-0.39, 0.29) is 0 Å². The Morgan fingerprint density at radius 1 is 0.350 bits per heavy atom. The van der Waals surface area contributed by atoms with Crippen LogP contribution in [0.5, 0.6) is 11.5 Å². The molecule has 0 saturated heterocycles. The number of anilines is 3. The van der Waals surface area contributed by atoms with Crippen molar-refractivity contribution in [3.63, 3.8) is 0 Å². The third kappa shape index (κ3) is 8.57. The van der Waals surface area contributed by atoms with Gasteiger partial charge >= 0.3 is 0 Å². The van der Waals surface area contributed by atoms with Crippen molar-refractivity contribution in [3.8, 4) is 44.9 Å². The van der Waals surface area contributed by atoms with Gasteiger partial charge in [0.1, 0.15) is 11.5 Å². The van der Waals surface area contributed by atoms with Gasteiger partial charge in [-0.3, -0.25) is 0 Å². The van der Waals surface area contributed by atoms with Crippen LogP contribution in [0.4, 0.5) is 17.1 Å². The third-order valence-corrected chi connectivity index (χ3v) is 17.2. The van der Waals surface area contributed by atoms with Gasteiger partial charge in [0, 0.05) is 17.1 Å². The van der Waals surface area contributed by atoms with Crippen LogP contribution in [0.15, 0.2) is 267 Å². The molecule has 0 fully saturated rings. The van der Waals surface area contributed by atoms with Gasteiger partial charge in [0.25, 0.3) is 0 Å². The molecule has 0 heterocycles. The molecule has 0 bridgehead atoms. The minimum atomic E-state index is -0.667. The fourth-order valence-electron chi connectivity index (χ4n) is 13.8. The minimum Gasteiger partial charge on any atom is -0.457 e. The molecule has 2 nitrogen and oxygen atoms in total. The Morgan fingerprint density at radius 3 is 1.26 bits per heavy atom. The molecule has 0 spiro atoms. The van der Waals surface area contributed by atoms with Crippen molar-refractivity contribution in [2.45, 2.75) is 64.7 Å². The van der Waals surface area contributed by atoms with Crippen LogP contribution in [-0.2, 0) is 10.8 Å². The zero-order valence-electron chi connectivity index (χ0n) is 46.7. The largest absolute Gasteiger partial charge is 0.457 e. The molecule has 0 saturated carbocycles. The van der Waals surface area contributed by atoms with E-state index in [0.717, 1.165) is 28.6 Å². The fraction of sp³-hybridized carbons (Fsp3) is 0.154. The van der Waals surface area contributed by atoms with E-state index in [9.17, 15) is 0 Å². The molecule has 0 aliphatic heterocycles. The van der Waals surface area contributed by atoms with Crippen molar-refractivity contribution < 1.29 is 4.74 Å². The van der Waals surface area contributed by atoms with Gasteiger partial charge in [0.15, 0.2) is 0 Å². The first kappa shape index (κ1) is 50.5. The average Bonchev–Trinajstić information content (AvgIpc) is 4.13. The molecule has 2 aliphatic carbocycles.